The molecule has 0 unspecified atom stereocenters. The van der Waals surface area contributed by atoms with Gasteiger partial charge >= 0.3 is 5.97 Å². The van der Waals surface area contributed by atoms with Gasteiger partial charge < -0.3 is 5.11 Å². The van der Waals surface area contributed by atoms with Crippen LogP contribution in [0.1, 0.15) is 42.1 Å². The Morgan fingerprint density at radius 2 is 2.10 bits per heavy atom. The summed E-state index contributed by atoms with van der Waals surface area (Å²) in [4.78, 5) is 11.5. The van der Waals surface area contributed by atoms with Gasteiger partial charge in [-0.25, -0.2) is 4.79 Å². The molecule has 1 aromatic heterocycles. The van der Waals surface area contributed by atoms with Crippen LogP contribution in [0.4, 0.5) is 0 Å². The number of halogens is 2. The summed E-state index contributed by atoms with van der Waals surface area (Å²) < 4.78 is 2.65. The van der Waals surface area contributed by atoms with Crippen LogP contribution in [0.15, 0.2) is 28.9 Å². The van der Waals surface area contributed by atoms with E-state index in [2.05, 4.69) is 21.0 Å². The molecule has 3 rings (SSSR count). The SMILES string of the molecule is O=C(O)c1cn(C2CCCC2)nc1-c1ccc(Br)cc1Cl. The summed E-state index contributed by atoms with van der Waals surface area (Å²) in [5, 5.41) is 14.4. The van der Waals surface area contributed by atoms with Gasteiger partial charge in [0.15, 0.2) is 0 Å². The van der Waals surface area contributed by atoms with Gasteiger partial charge in [-0.3, -0.25) is 4.68 Å². The molecule has 0 amide bonds. The lowest BCUT2D eigenvalue weighted by atomic mass is 10.1. The highest BCUT2D eigenvalue weighted by atomic mass is 79.9. The molecule has 0 saturated heterocycles. The highest BCUT2D eigenvalue weighted by Gasteiger charge is 2.24. The van der Waals surface area contributed by atoms with Gasteiger partial charge in [-0.1, -0.05) is 46.4 Å². The van der Waals surface area contributed by atoms with E-state index in [1.54, 1.807) is 23.0 Å². The standard InChI is InChI=1S/C15H14BrClN2O2/c16-9-5-6-11(13(17)7-9)14-12(15(20)21)8-19(18-14)10-3-1-2-4-10/h5-8,10H,1-4H2,(H,20,21). The molecule has 4 nitrogen and oxygen atoms in total. The van der Waals surface area contributed by atoms with Gasteiger partial charge in [-0.05, 0) is 25.0 Å². The number of aromatic nitrogens is 2. The fourth-order valence-electron chi connectivity index (χ4n) is 2.78. The molecule has 0 radical (unpaired) electrons. The highest BCUT2D eigenvalue weighted by molar-refractivity contribution is 9.10. The maximum atomic E-state index is 11.5. The van der Waals surface area contributed by atoms with E-state index in [1.165, 1.54) is 12.8 Å². The summed E-state index contributed by atoms with van der Waals surface area (Å²) in [5.41, 5.74) is 1.28. The van der Waals surface area contributed by atoms with Gasteiger partial charge in [-0.2, -0.15) is 5.10 Å². The van der Waals surface area contributed by atoms with Crippen LogP contribution in [-0.4, -0.2) is 20.9 Å². The lowest BCUT2D eigenvalue weighted by molar-refractivity contribution is 0.0697. The molecule has 2 aromatic rings. The van der Waals surface area contributed by atoms with Gasteiger partial charge in [0.1, 0.15) is 11.3 Å². The van der Waals surface area contributed by atoms with Crippen LogP contribution in [0.2, 0.25) is 5.02 Å². The molecule has 1 fully saturated rings. The second-order valence-corrected chi connectivity index (χ2v) is 6.56. The van der Waals surface area contributed by atoms with Crippen molar-refractivity contribution in [1.29, 1.82) is 0 Å². The third-order valence-electron chi connectivity index (χ3n) is 3.85. The van der Waals surface area contributed by atoms with Gasteiger partial charge in [-0.15, -0.1) is 0 Å². The normalized spacial score (nSPS) is 15.5. The van der Waals surface area contributed by atoms with Crippen LogP contribution >= 0.6 is 27.5 Å². The topological polar surface area (TPSA) is 55.1 Å². The van der Waals surface area contributed by atoms with Gasteiger partial charge in [0.25, 0.3) is 0 Å². The van der Waals surface area contributed by atoms with Crippen molar-refractivity contribution in [2.75, 3.05) is 0 Å². The fourth-order valence-corrected chi connectivity index (χ4v) is 3.55. The molecule has 1 aliphatic carbocycles. The van der Waals surface area contributed by atoms with E-state index in [0.717, 1.165) is 17.3 Å². The molecule has 1 aliphatic rings. The van der Waals surface area contributed by atoms with E-state index in [9.17, 15) is 9.90 Å². The van der Waals surface area contributed by atoms with Gasteiger partial charge in [0, 0.05) is 16.2 Å². The predicted molar refractivity (Wildman–Crippen MR) is 84.8 cm³/mol. The van der Waals surface area contributed by atoms with Crippen molar-refractivity contribution in [1.82, 2.24) is 9.78 Å². The van der Waals surface area contributed by atoms with Crippen molar-refractivity contribution in [2.45, 2.75) is 31.7 Å². The Morgan fingerprint density at radius 1 is 1.38 bits per heavy atom. The van der Waals surface area contributed by atoms with Crippen LogP contribution in [0.25, 0.3) is 11.3 Å². The molecule has 1 aromatic carbocycles. The van der Waals surface area contributed by atoms with Gasteiger partial charge in [0.2, 0.25) is 0 Å². The number of carbonyl (C=O) groups is 1. The van der Waals surface area contributed by atoms with Crippen LogP contribution in [0, 0.1) is 0 Å². The number of carboxylic acid groups (broad SMARTS) is 1. The summed E-state index contributed by atoms with van der Waals surface area (Å²) in [5.74, 6) is -0.978. The molecule has 6 heteroatoms. The summed E-state index contributed by atoms with van der Waals surface area (Å²) >= 11 is 9.59. The maximum absolute atomic E-state index is 11.5. The minimum absolute atomic E-state index is 0.200. The molecule has 0 atom stereocenters. The first-order valence-corrected chi connectivity index (χ1v) is 8.01. The van der Waals surface area contributed by atoms with E-state index >= 15 is 0 Å². The Bertz CT molecular complexity index is 693. The molecule has 21 heavy (non-hydrogen) atoms. The van der Waals surface area contributed by atoms with Crippen molar-refractivity contribution < 1.29 is 9.90 Å². The molecule has 1 N–H and O–H groups in total. The monoisotopic (exact) mass is 368 g/mol. The smallest absolute Gasteiger partial charge is 0.339 e. The zero-order valence-electron chi connectivity index (χ0n) is 11.2. The van der Waals surface area contributed by atoms with Crippen molar-refractivity contribution in [3.05, 3.63) is 39.5 Å². The zero-order valence-corrected chi connectivity index (χ0v) is 13.6. The van der Waals surface area contributed by atoms with E-state index in [0.29, 0.717) is 22.3 Å². The number of hydrogen-bond donors (Lipinski definition) is 1. The number of hydrogen-bond acceptors (Lipinski definition) is 2. The van der Waals surface area contributed by atoms with Crippen molar-refractivity contribution in [2.24, 2.45) is 0 Å². The van der Waals surface area contributed by atoms with E-state index < -0.39 is 5.97 Å². The lowest BCUT2D eigenvalue weighted by Crippen LogP contribution is -2.05. The quantitative estimate of drug-likeness (QED) is 0.847. The Morgan fingerprint density at radius 3 is 2.71 bits per heavy atom. The Hall–Kier alpha value is -1.33. The average Bonchev–Trinajstić information content (AvgIpc) is 3.07. The van der Waals surface area contributed by atoms with Crippen molar-refractivity contribution in [3.63, 3.8) is 0 Å². The lowest BCUT2D eigenvalue weighted by Gasteiger charge is -2.08. The first kappa shape index (κ1) is 14.6. The molecular weight excluding hydrogens is 356 g/mol. The number of carboxylic acids is 1. The number of rotatable bonds is 3. The number of aromatic carboxylic acids is 1. The van der Waals surface area contributed by atoms with Crippen molar-refractivity contribution >= 4 is 33.5 Å². The molecule has 1 saturated carbocycles. The Balaban J connectivity index is 2.09. The summed E-state index contributed by atoms with van der Waals surface area (Å²) in [6.45, 7) is 0. The first-order chi connectivity index (χ1) is 10.1. The van der Waals surface area contributed by atoms with E-state index in [4.69, 9.17) is 11.6 Å². The fraction of sp³-hybridized carbons (Fsp3) is 0.333. The minimum Gasteiger partial charge on any atom is -0.478 e. The Kier molecular flexibility index (Phi) is 4.04. The molecule has 110 valence electrons. The van der Waals surface area contributed by atoms with Crippen molar-refractivity contribution in [3.8, 4) is 11.3 Å². The molecule has 0 spiro atoms. The van der Waals surface area contributed by atoms with Gasteiger partial charge in [0.05, 0.1) is 11.1 Å². The summed E-state index contributed by atoms with van der Waals surface area (Å²) in [6, 6.07) is 5.67. The number of nitrogens with zero attached hydrogens (tertiary/aromatic N) is 2. The third-order valence-corrected chi connectivity index (χ3v) is 4.65. The second kappa shape index (κ2) is 5.81. The minimum atomic E-state index is -0.978. The van der Waals surface area contributed by atoms with Crippen LogP contribution in [0.5, 0.6) is 0 Å². The molecular formula is C15H14BrClN2O2. The highest BCUT2D eigenvalue weighted by Crippen LogP contribution is 2.35. The first-order valence-electron chi connectivity index (χ1n) is 6.84. The Labute approximate surface area is 135 Å². The molecule has 0 aliphatic heterocycles. The summed E-state index contributed by atoms with van der Waals surface area (Å²) in [6.07, 6.45) is 6.07. The number of benzene rings is 1. The van der Waals surface area contributed by atoms with Crippen LogP contribution in [0.3, 0.4) is 0 Å². The molecule has 1 heterocycles. The largest absolute Gasteiger partial charge is 0.478 e. The summed E-state index contributed by atoms with van der Waals surface area (Å²) in [7, 11) is 0. The third kappa shape index (κ3) is 2.85. The second-order valence-electron chi connectivity index (χ2n) is 5.24. The van der Waals surface area contributed by atoms with Crippen LogP contribution < -0.4 is 0 Å². The van der Waals surface area contributed by atoms with Crippen LogP contribution in [-0.2, 0) is 0 Å². The zero-order chi connectivity index (χ0) is 15.0. The van der Waals surface area contributed by atoms with E-state index in [-0.39, 0.29) is 5.56 Å². The average molecular weight is 370 g/mol. The maximum Gasteiger partial charge on any atom is 0.339 e. The molecule has 0 bridgehead atoms. The van der Waals surface area contributed by atoms with E-state index in [1.807, 2.05) is 6.07 Å². The predicted octanol–water partition coefficient (Wildman–Crippen LogP) is 4.78.